The van der Waals surface area contributed by atoms with Crippen LogP contribution in [0.25, 0.3) is 0 Å². The number of methoxy groups -OCH3 is 1. The van der Waals surface area contributed by atoms with E-state index < -0.39 is 5.91 Å². The van der Waals surface area contributed by atoms with Gasteiger partial charge >= 0.3 is 5.91 Å². The first-order valence-corrected chi connectivity index (χ1v) is 6.12. The largest absolute Gasteiger partial charge is 0.437 e. The second-order valence-corrected chi connectivity index (χ2v) is 3.88. The standard InChI is InChI=1S/C12H19N3O4/c1-4-15(5-2)12(17)11-14-9(10(13)16)8(19-11)6-7-18-3/h4-7H2,1-3H3,(H2,13,16). The number of amides is 2. The number of nitrogens with zero attached hydrogens (tertiary/aromatic N) is 2. The molecule has 0 spiro atoms. The van der Waals surface area contributed by atoms with Gasteiger partial charge in [-0.1, -0.05) is 0 Å². The van der Waals surface area contributed by atoms with Crippen molar-refractivity contribution in [2.24, 2.45) is 5.73 Å². The van der Waals surface area contributed by atoms with E-state index in [1.54, 1.807) is 4.90 Å². The predicted molar refractivity (Wildman–Crippen MR) is 67.9 cm³/mol. The molecule has 1 aromatic rings. The summed E-state index contributed by atoms with van der Waals surface area (Å²) in [5.41, 5.74) is 5.21. The summed E-state index contributed by atoms with van der Waals surface area (Å²) in [5, 5.41) is 0. The summed E-state index contributed by atoms with van der Waals surface area (Å²) >= 11 is 0. The first kappa shape index (κ1) is 15.2. The Labute approximate surface area is 111 Å². The maximum atomic E-state index is 12.1. The van der Waals surface area contributed by atoms with Gasteiger partial charge in [-0.15, -0.1) is 0 Å². The maximum absolute atomic E-state index is 12.1. The van der Waals surface area contributed by atoms with Crippen molar-refractivity contribution in [3.63, 3.8) is 0 Å². The molecule has 0 aliphatic carbocycles. The summed E-state index contributed by atoms with van der Waals surface area (Å²) < 4.78 is 10.2. The van der Waals surface area contributed by atoms with Crippen LogP contribution in [0.15, 0.2) is 4.42 Å². The Hall–Kier alpha value is -1.89. The highest BCUT2D eigenvalue weighted by atomic mass is 16.5. The van der Waals surface area contributed by atoms with Gasteiger partial charge in [0, 0.05) is 26.6 Å². The van der Waals surface area contributed by atoms with Crippen LogP contribution in [-0.2, 0) is 11.2 Å². The molecule has 0 atom stereocenters. The average molecular weight is 269 g/mol. The van der Waals surface area contributed by atoms with E-state index >= 15 is 0 Å². The average Bonchev–Trinajstić information content (AvgIpc) is 2.81. The number of nitrogens with two attached hydrogens (primary N) is 1. The van der Waals surface area contributed by atoms with Gasteiger partial charge in [0.2, 0.25) is 0 Å². The number of oxazole rings is 1. The van der Waals surface area contributed by atoms with Gasteiger partial charge in [-0.05, 0) is 13.8 Å². The van der Waals surface area contributed by atoms with Crippen LogP contribution in [0.4, 0.5) is 0 Å². The number of hydrogen-bond donors (Lipinski definition) is 1. The lowest BCUT2D eigenvalue weighted by Gasteiger charge is -2.15. The summed E-state index contributed by atoms with van der Waals surface area (Å²) in [6.45, 7) is 5.14. The molecule has 2 amide bonds. The van der Waals surface area contributed by atoms with Crippen molar-refractivity contribution in [1.29, 1.82) is 0 Å². The van der Waals surface area contributed by atoms with Crippen LogP contribution in [0, 0.1) is 0 Å². The molecule has 0 aliphatic rings. The zero-order valence-corrected chi connectivity index (χ0v) is 11.4. The zero-order chi connectivity index (χ0) is 14.4. The lowest BCUT2D eigenvalue weighted by Crippen LogP contribution is -2.30. The van der Waals surface area contributed by atoms with Gasteiger partial charge in [0.1, 0.15) is 5.76 Å². The van der Waals surface area contributed by atoms with Crippen molar-refractivity contribution in [3.8, 4) is 0 Å². The van der Waals surface area contributed by atoms with E-state index in [9.17, 15) is 9.59 Å². The summed E-state index contributed by atoms with van der Waals surface area (Å²) in [7, 11) is 1.53. The summed E-state index contributed by atoms with van der Waals surface area (Å²) in [6.07, 6.45) is 0.341. The Balaban J connectivity index is 3.03. The fourth-order valence-corrected chi connectivity index (χ4v) is 1.65. The van der Waals surface area contributed by atoms with E-state index in [-0.39, 0.29) is 23.3 Å². The van der Waals surface area contributed by atoms with Crippen molar-refractivity contribution in [3.05, 3.63) is 17.3 Å². The summed E-state index contributed by atoms with van der Waals surface area (Å²) in [6, 6.07) is 0. The molecular formula is C12H19N3O4. The van der Waals surface area contributed by atoms with Gasteiger partial charge in [-0.3, -0.25) is 9.59 Å². The number of hydrogen-bond acceptors (Lipinski definition) is 5. The molecule has 0 radical (unpaired) electrons. The Morgan fingerprint density at radius 1 is 1.37 bits per heavy atom. The van der Waals surface area contributed by atoms with Gasteiger partial charge in [0.25, 0.3) is 11.8 Å². The predicted octanol–water partition coefficient (Wildman–Crippen LogP) is 0.444. The number of ether oxygens (including phenoxy) is 1. The number of aromatic nitrogens is 1. The third-order valence-corrected chi connectivity index (χ3v) is 2.70. The van der Waals surface area contributed by atoms with Crippen molar-refractivity contribution in [2.45, 2.75) is 20.3 Å². The number of carbonyl (C=O) groups is 2. The van der Waals surface area contributed by atoms with Gasteiger partial charge in [0.15, 0.2) is 5.69 Å². The van der Waals surface area contributed by atoms with Crippen LogP contribution >= 0.6 is 0 Å². The lowest BCUT2D eigenvalue weighted by atomic mass is 10.2. The molecular weight excluding hydrogens is 250 g/mol. The van der Waals surface area contributed by atoms with E-state index in [1.807, 2.05) is 13.8 Å². The van der Waals surface area contributed by atoms with E-state index in [2.05, 4.69) is 4.98 Å². The molecule has 1 heterocycles. The third kappa shape index (κ3) is 3.54. The van der Waals surface area contributed by atoms with Crippen LogP contribution < -0.4 is 5.73 Å². The van der Waals surface area contributed by atoms with Gasteiger partial charge in [-0.25, -0.2) is 0 Å². The highest BCUT2D eigenvalue weighted by Gasteiger charge is 2.24. The highest BCUT2D eigenvalue weighted by Crippen LogP contribution is 2.13. The topological polar surface area (TPSA) is 98.7 Å². The molecule has 0 aliphatic heterocycles. The fraction of sp³-hybridized carbons (Fsp3) is 0.583. The normalized spacial score (nSPS) is 10.5. The van der Waals surface area contributed by atoms with Crippen LogP contribution in [-0.4, -0.2) is 48.5 Å². The molecule has 1 rings (SSSR count). The van der Waals surface area contributed by atoms with E-state index in [0.717, 1.165) is 0 Å². The summed E-state index contributed by atoms with van der Waals surface area (Å²) in [4.78, 5) is 28.8. The van der Waals surface area contributed by atoms with Crippen molar-refractivity contribution < 1.29 is 18.7 Å². The molecule has 0 bridgehead atoms. The Kier molecular flexibility index (Phi) is 5.50. The molecule has 0 unspecified atom stereocenters. The Morgan fingerprint density at radius 3 is 2.47 bits per heavy atom. The van der Waals surface area contributed by atoms with Crippen molar-refractivity contribution >= 4 is 11.8 Å². The molecule has 106 valence electrons. The Bertz CT molecular complexity index is 452. The molecule has 0 aromatic carbocycles. The van der Waals surface area contributed by atoms with Crippen LogP contribution in [0.5, 0.6) is 0 Å². The first-order valence-electron chi connectivity index (χ1n) is 6.12. The van der Waals surface area contributed by atoms with Gasteiger partial charge in [0.05, 0.1) is 6.61 Å². The van der Waals surface area contributed by atoms with E-state index in [1.165, 1.54) is 7.11 Å². The maximum Gasteiger partial charge on any atom is 0.309 e. The van der Waals surface area contributed by atoms with E-state index in [0.29, 0.717) is 26.1 Å². The fourth-order valence-electron chi connectivity index (χ4n) is 1.65. The van der Waals surface area contributed by atoms with Gasteiger partial charge < -0.3 is 19.8 Å². The zero-order valence-electron chi connectivity index (χ0n) is 11.4. The minimum absolute atomic E-state index is 0.00689. The molecule has 19 heavy (non-hydrogen) atoms. The minimum atomic E-state index is -0.714. The SMILES string of the molecule is CCN(CC)C(=O)c1nc(C(N)=O)c(CCOC)o1. The number of primary amides is 1. The number of carbonyl (C=O) groups excluding carboxylic acids is 2. The summed E-state index contributed by atoms with van der Waals surface area (Å²) in [5.74, 6) is -0.891. The minimum Gasteiger partial charge on any atom is -0.437 e. The van der Waals surface area contributed by atoms with Crippen LogP contribution in [0.3, 0.4) is 0 Å². The molecule has 1 aromatic heterocycles. The smallest absolute Gasteiger partial charge is 0.309 e. The van der Waals surface area contributed by atoms with Crippen molar-refractivity contribution in [1.82, 2.24) is 9.88 Å². The second-order valence-electron chi connectivity index (χ2n) is 3.88. The molecule has 7 heteroatoms. The van der Waals surface area contributed by atoms with Crippen LogP contribution in [0.2, 0.25) is 0 Å². The third-order valence-electron chi connectivity index (χ3n) is 2.70. The number of rotatable bonds is 7. The second kappa shape index (κ2) is 6.89. The Morgan fingerprint density at radius 2 is 2.00 bits per heavy atom. The quantitative estimate of drug-likeness (QED) is 0.774. The molecule has 0 saturated carbocycles. The van der Waals surface area contributed by atoms with E-state index in [4.69, 9.17) is 14.9 Å². The monoisotopic (exact) mass is 269 g/mol. The molecule has 2 N–H and O–H groups in total. The lowest BCUT2D eigenvalue weighted by molar-refractivity contribution is 0.0730. The van der Waals surface area contributed by atoms with Gasteiger partial charge in [-0.2, -0.15) is 4.98 Å². The molecule has 7 nitrogen and oxygen atoms in total. The molecule has 0 fully saturated rings. The highest BCUT2D eigenvalue weighted by molar-refractivity contribution is 5.95. The molecule has 0 saturated heterocycles. The van der Waals surface area contributed by atoms with Crippen molar-refractivity contribution in [2.75, 3.05) is 26.8 Å². The first-order chi connectivity index (χ1) is 9.04. The van der Waals surface area contributed by atoms with Crippen LogP contribution in [0.1, 0.15) is 40.8 Å².